The lowest BCUT2D eigenvalue weighted by Gasteiger charge is -2.37. The molecule has 0 unspecified atom stereocenters. The third-order valence-corrected chi connectivity index (χ3v) is 5.22. The number of carbonyl (C=O) groups is 2. The lowest BCUT2D eigenvalue weighted by atomic mass is 9.89. The summed E-state index contributed by atoms with van der Waals surface area (Å²) < 4.78 is 15.7. The molecule has 29 heavy (non-hydrogen) atoms. The van der Waals surface area contributed by atoms with Gasteiger partial charge in [-0.05, 0) is 42.2 Å². The highest BCUT2D eigenvalue weighted by molar-refractivity contribution is 5.93. The van der Waals surface area contributed by atoms with E-state index in [1.54, 1.807) is 25.2 Å². The van der Waals surface area contributed by atoms with Crippen LogP contribution in [0, 0.1) is 0 Å². The van der Waals surface area contributed by atoms with E-state index < -0.39 is 6.04 Å². The van der Waals surface area contributed by atoms with Crippen molar-refractivity contribution in [2.75, 3.05) is 27.9 Å². The monoisotopic (exact) mass is 401 g/mol. The molecule has 0 radical (unpaired) electrons. The predicted molar refractivity (Wildman–Crippen MR) is 106 cm³/mol. The summed E-state index contributed by atoms with van der Waals surface area (Å²) >= 11 is 0. The van der Waals surface area contributed by atoms with Crippen molar-refractivity contribution in [2.45, 2.75) is 38.6 Å². The van der Waals surface area contributed by atoms with E-state index in [0.29, 0.717) is 30.2 Å². The summed E-state index contributed by atoms with van der Waals surface area (Å²) in [5.74, 6) is 0.585. The average molecular weight is 401 g/mol. The number of hydrogen-bond donors (Lipinski definition) is 1. The number of aryl methyl sites for hydroxylation is 1. The van der Waals surface area contributed by atoms with E-state index in [4.69, 9.17) is 14.2 Å². The quantitative estimate of drug-likeness (QED) is 0.717. The highest BCUT2D eigenvalue weighted by Crippen LogP contribution is 2.40. The highest BCUT2D eigenvalue weighted by atomic mass is 16.5. The van der Waals surface area contributed by atoms with E-state index in [2.05, 4.69) is 17.1 Å². The number of nitrogens with zero attached hydrogens (tertiary/aromatic N) is 2. The van der Waals surface area contributed by atoms with Crippen molar-refractivity contribution in [2.24, 2.45) is 0 Å². The van der Waals surface area contributed by atoms with Gasteiger partial charge in [-0.25, -0.2) is 0 Å². The summed E-state index contributed by atoms with van der Waals surface area (Å²) in [6, 6.07) is 5.07. The fourth-order valence-electron chi connectivity index (χ4n) is 3.75. The zero-order valence-corrected chi connectivity index (χ0v) is 17.3. The zero-order chi connectivity index (χ0) is 21.0. The average Bonchev–Trinajstić information content (AvgIpc) is 3.21. The molecule has 2 heterocycles. The van der Waals surface area contributed by atoms with E-state index in [9.17, 15) is 9.59 Å². The minimum Gasteiger partial charge on any atom is -0.493 e. The SMILES string of the molecule is CCCc1cc(C(=O)N2CCc3cc(OC)c(OC)cc3[C@H]2CC(=O)OC)n[nH]1. The molecule has 0 saturated carbocycles. The predicted octanol–water partition coefficient (Wildman–Crippen LogP) is 2.68. The maximum absolute atomic E-state index is 13.2. The lowest BCUT2D eigenvalue weighted by Crippen LogP contribution is -2.41. The maximum Gasteiger partial charge on any atom is 0.307 e. The third kappa shape index (κ3) is 4.21. The Bertz CT molecular complexity index is 892. The van der Waals surface area contributed by atoms with Gasteiger partial charge in [-0.3, -0.25) is 14.7 Å². The molecule has 1 aliphatic heterocycles. The van der Waals surface area contributed by atoms with E-state index in [1.807, 2.05) is 12.1 Å². The zero-order valence-electron chi connectivity index (χ0n) is 17.3. The summed E-state index contributed by atoms with van der Waals surface area (Å²) in [4.78, 5) is 27.0. The third-order valence-electron chi connectivity index (χ3n) is 5.22. The molecule has 0 fully saturated rings. The molecule has 1 atom stereocenters. The van der Waals surface area contributed by atoms with Gasteiger partial charge in [-0.15, -0.1) is 0 Å². The molecule has 1 N–H and O–H groups in total. The Morgan fingerprint density at radius 2 is 1.90 bits per heavy atom. The fourth-order valence-corrected chi connectivity index (χ4v) is 3.75. The molecule has 0 bridgehead atoms. The largest absolute Gasteiger partial charge is 0.493 e. The Morgan fingerprint density at radius 1 is 1.17 bits per heavy atom. The van der Waals surface area contributed by atoms with Crippen molar-refractivity contribution in [1.29, 1.82) is 0 Å². The van der Waals surface area contributed by atoms with E-state index in [-0.39, 0.29) is 18.3 Å². The number of aromatic amines is 1. The van der Waals surface area contributed by atoms with Crippen molar-refractivity contribution < 1.29 is 23.8 Å². The minimum atomic E-state index is -0.468. The molecule has 1 aromatic heterocycles. The van der Waals surface area contributed by atoms with Crippen LogP contribution in [0.1, 0.15) is 53.1 Å². The second-order valence-corrected chi connectivity index (χ2v) is 6.98. The molecular weight excluding hydrogens is 374 g/mol. The van der Waals surface area contributed by atoms with Crippen LogP contribution < -0.4 is 9.47 Å². The lowest BCUT2D eigenvalue weighted by molar-refractivity contribution is -0.141. The Kier molecular flexibility index (Phi) is 6.41. The first-order chi connectivity index (χ1) is 14.0. The number of amides is 1. The molecule has 0 spiro atoms. The van der Waals surface area contributed by atoms with Gasteiger partial charge in [0.15, 0.2) is 11.5 Å². The Morgan fingerprint density at radius 3 is 2.55 bits per heavy atom. The number of nitrogens with one attached hydrogen (secondary N) is 1. The van der Waals surface area contributed by atoms with E-state index >= 15 is 0 Å². The minimum absolute atomic E-state index is 0.0525. The van der Waals surface area contributed by atoms with Crippen LogP contribution in [-0.4, -0.2) is 54.8 Å². The second-order valence-electron chi connectivity index (χ2n) is 6.98. The first-order valence-corrected chi connectivity index (χ1v) is 9.69. The molecule has 1 aromatic carbocycles. The van der Waals surface area contributed by atoms with E-state index in [0.717, 1.165) is 29.7 Å². The molecule has 8 heteroatoms. The second kappa shape index (κ2) is 8.98. The van der Waals surface area contributed by atoms with Crippen LogP contribution in [0.4, 0.5) is 0 Å². The number of aromatic nitrogens is 2. The van der Waals surface area contributed by atoms with Crippen LogP contribution in [0.2, 0.25) is 0 Å². The molecular formula is C21H27N3O5. The van der Waals surface area contributed by atoms with Crippen molar-refractivity contribution in [3.63, 3.8) is 0 Å². The number of fused-ring (bicyclic) bond motifs is 1. The van der Waals surface area contributed by atoms with Crippen LogP contribution in [-0.2, 0) is 22.4 Å². The van der Waals surface area contributed by atoms with Crippen LogP contribution in [0.5, 0.6) is 11.5 Å². The van der Waals surface area contributed by atoms with Crippen LogP contribution in [0.15, 0.2) is 18.2 Å². The van der Waals surface area contributed by atoms with Crippen LogP contribution in [0.25, 0.3) is 0 Å². The number of ether oxygens (including phenoxy) is 3. The number of rotatable bonds is 7. The molecule has 8 nitrogen and oxygen atoms in total. The van der Waals surface area contributed by atoms with Crippen molar-refractivity contribution in [3.8, 4) is 11.5 Å². The highest BCUT2D eigenvalue weighted by Gasteiger charge is 2.35. The number of benzene rings is 1. The Balaban J connectivity index is 1.98. The maximum atomic E-state index is 13.2. The van der Waals surface area contributed by atoms with Gasteiger partial charge in [0.05, 0.1) is 33.8 Å². The van der Waals surface area contributed by atoms with Crippen molar-refractivity contribution in [3.05, 3.63) is 40.7 Å². The molecule has 3 rings (SSSR count). The summed E-state index contributed by atoms with van der Waals surface area (Å²) in [7, 11) is 4.49. The number of methoxy groups -OCH3 is 3. The first kappa shape index (κ1) is 20.7. The van der Waals surface area contributed by atoms with Gasteiger partial charge in [-0.1, -0.05) is 13.3 Å². The standard InChI is InChI=1S/C21H27N3O5/c1-5-6-14-10-16(23-22-14)21(26)24-8-7-13-9-18(27-2)19(28-3)11-15(13)17(24)12-20(25)29-4/h9-11,17H,5-8,12H2,1-4H3,(H,22,23)/t17-/m1/s1. The summed E-state index contributed by atoms with van der Waals surface area (Å²) in [6.07, 6.45) is 2.48. The summed E-state index contributed by atoms with van der Waals surface area (Å²) in [5.41, 5.74) is 3.16. The normalized spacial score (nSPS) is 15.6. The number of H-pyrrole nitrogens is 1. The number of hydrogen-bond acceptors (Lipinski definition) is 6. The first-order valence-electron chi connectivity index (χ1n) is 9.69. The summed E-state index contributed by atoms with van der Waals surface area (Å²) in [6.45, 7) is 2.54. The van der Waals surface area contributed by atoms with Gasteiger partial charge < -0.3 is 19.1 Å². The number of esters is 1. The van der Waals surface area contributed by atoms with Crippen molar-refractivity contribution in [1.82, 2.24) is 15.1 Å². The van der Waals surface area contributed by atoms with Crippen molar-refractivity contribution >= 4 is 11.9 Å². The Labute approximate surface area is 170 Å². The fraction of sp³-hybridized carbons (Fsp3) is 0.476. The number of carbonyl (C=O) groups excluding carboxylic acids is 2. The van der Waals surface area contributed by atoms with Gasteiger partial charge in [0.25, 0.3) is 5.91 Å². The Hall–Kier alpha value is -3.03. The van der Waals surface area contributed by atoms with Gasteiger partial charge in [0, 0.05) is 12.2 Å². The van der Waals surface area contributed by atoms with Gasteiger partial charge in [0.1, 0.15) is 5.69 Å². The van der Waals surface area contributed by atoms with Gasteiger partial charge >= 0.3 is 5.97 Å². The molecule has 0 aliphatic carbocycles. The molecule has 1 amide bonds. The van der Waals surface area contributed by atoms with Gasteiger partial charge in [-0.2, -0.15) is 5.10 Å². The van der Waals surface area contributed by atoms with Crippen LogP contribution >= 0.6 is 0 Å². The molecule has 2 aromatic rings. The van der Waals surface area contributed by atoms with E-state index in [1.165, 1.54) is 7.11 Å². The van der Waals surface area contributed by atoms with Gasteiger partial charge in [0.2, 0.25) is 0 Å². The van der Waals surface area contributed by atoms with Crippen LogP contribution in [0.3, 0.4) is 0 Å². The smallest absolute Gasteiger partial charge is 0.307 e. The topological polar surface area (TPSA) is 93.8 Å². The molecule has 156 valence electrons. The molecule has 1 aliphatic rings. The molecule has 0 saturated heterocycles. The summed E-state index contributed by atoms with van der Waals surface area (Å²) in [5, 5.41) is 7.10.